The quantitative estimate of drug-likeness (QED) is 0.676. The summed E-state index contributed by atoms with van der Waals surface area (Å²) in [5.74, 6) is 0. The smallest absolute Gasteiger partial charge is 0.0334 e. The molecule has 0 radical (unpaired) electrons. The summed E-state index contributed by atoms with van der Waals surface area (Å²) in [5, 5.41) is 0. The predicted octanol–water partition coefficient (Wildman–Crippen LogP) is 3.16. The molecule has 0 aliphatic heterocycles. The lowest BCUT2D eigenvalue weighted by Gasteiger charge is -2.43. The van der Waals surface area contributed by atoms with E-state index in [1.165, 1.54) is 51.5 Å². The fraction of sp³-hybridized carbons (Fsp3) is 1.00. The second kappa shape index (κ2) is 6.61. The van der Waals surface area contributed by atoms with Crippen LogP contribution in [0.3, 0.4) is 0 Å². The number of rotatable bonds is 7. The maximum atomic E-state index is 6.07. The summed E-state index contributed by atoms with van der Waals surface area (Å²) < 4.78 is 0. The zero-order chi connectivity index (χ0) is 12.0. The van der Waals surface area contributed by atoms with Crippen molar-refractivity contribution in [3.63, 3.8) is 0 Å². The molecule has 1 aliphatic carbocycles. The summed E-state index contributed by atoms with van der Waals surface area (Å²) in [6.07, 6.45) is 9.35. The van der Waals surface area contributed by atoms with Crippen molar-refractivity contribution in [3.05, 3.63) is 0 Å². The number of nitrogens with zero attached hydrogens (tertiary/aromatic N) is 1. The fourth-order valence-corrected chi connectivity index (χ4v) is 3.22. The first-order valence-corrected chi connectivity index (χ1v) is 7.13. The lowest BCUT2D eigenvalue weighted by molar-refractivity contribution is 0.0641. The Morgan fingerprint density at radius 1 is 1.19 bits per heavy atom. The van der Waals surface area contributed by atoms with Gasteiger partial charge < -0.3 is 5.73 Å². The largest absolute Gasteiger partial charge is 0.329 e. The first kappa shape index (κ1) is 14.0. The highest BCUT2D eigenvalue weighted by atomic mass is 15.2. The molecule has 0 amide bonds. The van der Waals surface area contributed by atoms with E-state index < -0.39 is 0 Å². The third kappa shape index (κ3) is 3.21. The van der Waals surface area contributed by atoms with Crippen molar-refractivity contribution in [2.45, 2.75) is 77.3 Å². The molecule has 0 unspecified atom stereocenters. The molecule has 96 valence electrons. The molecule has 16 heavy (non-hydrogen) atoms. The Hall–Kier alpha value is -0.0800. The summed E-state index contributed by atoms with van der Waals surface area (Å²) in [7, 11) is 0. The van der Waals surface area contributed by atoms with Gasteiger partial charge in [-0.3, -0.25) is 4.90 Å². The molecule has 2 nitrogen and oxygen atoms in total. The van der Waals surface area contributed by atoms with Crippen LogP contribution >= 0.6 is 0 Å². The van der Waals surface area contributed by atoms with Crippen molar-refractivity contribution in [1.29, 1.82) is 0 Å². The van der Waals surface area contributed by atoms with Crippen LogP contribution in [0.15, 0.2) is 0 Å². The average molecular weight is 226 g/mol. The second-order valence-corrected chi connectivity index (χ2v) is 5.63. The summed E-state index contributed by atoms with van der Waals surface area (Å²) >= 11 is 0. The first-order valence-electron chi connectivity index (χ1n) is 7.13. The minimum atomic E-state index is 0.335. The minimum absolute atomic E-state index is 0.335. The van der Waals surface area contributed by atoms with Gasteiger partial charge in [0.15, 0.2) is 0 Å². The Labute approximate surface area is 102 Å². The minimum Gasteiger partial charge on any atom is -0.329 e. The van der Waals surface area contributed by atoms with E-state index in [4.69, 9.17) is 5.73 Å². The van der Waals surface area contributed by atoms with Gasteiger partial charge in [0.05, 0.1) is 0 Å². The van der Waals surface area contributed by atoms with E-state index in [1.807, 2.05) is 0 Å². The molecule has 1 fully saturated rings. The standard InChI is InChI=1S/C14H30N2/c1-4-5-8-11-16(13(2)3)14(12-15)9-6-7-10-14/h13H,4-12,15H2,1-3H3. The molecule has 2 heteroatoms. The van der Waals surface area contributed by atoms with Crippen molar-refractivity contribution < 1.29 is 0 Å². The van der Waals surface area contributed by atoms with Crippen molar-refractivity contribution in [1.82, 2.24) is 4.90 Å². The van der Waals surface area contributed by atoms with Gasteiger partial charge in [-0.15, -0.1) is 0 Å². The Kier molecular flexibility index (Phi) is 5.77. The van der Waals surface area contributed by atoms with Crippen LogP contribution in [0, 0.1) is 0 Å². The Morgan fingerprint density at radius 2 is 1.81 bits per heavy atom. The molecular formula is C14H30N2. The normalized spacial score (nSPS) is 19.9. The molecule has 2 N–H and O–H groups in total. The third-order valence-corrected chi connectivity index (χ3v) is 4.15. The number of hydrogen-bond donors (Lipinski definition) is 1. The molecule has 1 saturated carbocycles. The van der Waals surface area contributed by atoms with Crippen molar-refractivity contribution in [3.8, 4) is 0 Å². The van der Waals surface area contributed by atoms with Gasteiger partial charge in [-0.05, 0) is 39.7 Å². The average Bonchev–Trinajstić information content (AvgIpc) is 2.73. The topological polar surface area (TPSA) is 29.3 Å². The Balaban J connectivity index is 2.59. The third-order valence-electron chi connectivity index (χ3n) is 4.15. The number of nitrogens with two attached hydrogens (primary N) is 1. The molecule has 0 atom stereocenters. The SMILES string of the molecule is CCCCCN(C(C)C)C1(CN)CCCC1. The summed E-state index contributed by atoms with van der Waals surface area (Å²) in [4.78, 5) is 2.69. The maximum absolute atomic E-state index is 6.07. The Morgan fingerprint density at radius 3 is 2.25 bits per heavy atom. The van der Waals surface area contributed by atoms with E-state index >= 15 is 0 Å². The van der Waals surface area contributed by atoms with Crippen LogP contribution in [0.2, 0.25) is 0 Å². The molecule has 1 aliphatic rings. The van der Waals surface area contributed by atoms with Gasteiger partial charge in [0.2, 0.25) is 0 Å². The van der Waals surface area contributed by atoms with Crippen molar-refractivity contribution >= 4 is 0 Å². The lowest BCUT2D eigenvalue weighted by atomic mass is 9.93. The second-order valence-electron chi connectivity index (χ2n) is 5.63. The van der Waals surface area contributed by atoms with E-state index in [1.54, 1.807) is 0 Å². The van der Waals surface area contributed by atoms with Crippen molar-refractivity contribution in [2.24, 2.45) is 5.73 Å². The molecule has 0 saturated heterocycles. The first-order chi connectivity index (χ1) is 7.66. The maximum Gasteiger partial charge on any atom is 0.0334 e. The predicted molar refractivity (Wildman–Crippen MR) is 71.6 cm³/mol. The number of unbranched alkanes of at least 4 members (excludes halogenated alkanes) is 2. The molecule has 1 rings (SSSR count). The molecule has 0 bridgehead atoms. The Bertz CT molecular complexity index is 183. The highest BCUT2D eigenvalue weighted by molar-refractivity contribution is 4.96. The highest BCUT2D eigenvalue weighted by Crippen LogP contribution is 2.35. The van der Waals surface area contributed by atoms with Crippen LogP contribution < -0.4 is 5.73 Å². The van der Waals surface area contributed by atoms with Gasteiger partial charge in [0.1, 0.15) is 0 Å². The van der Waals surface area contributed by atoms with Crippen LogP contribution in [0.1, 0.15) is 65.7 Å². The summed E-state index contributed by atoms with van der Waals surface area (Å²) in [5.41, 5.74) is 6.41. The van der Waals surface area contributed by atoms with Gasteiger partial charge in [-0.25, -0.2) is 0 Å². The molecule has 0 aromatic carbocycles. The fourth-order valence-electron chi connectivity index (χ4n) is 3.22. The van der Waals surface area contributed by atoms with E-state index in [0.717, 1.165) is 6.54 Å². The van der Waals surface area contributed by atoms with E-state index in [2.05, 4.69) is 25.7 Å². The monoisotopic (exact) mass is 226 g/mol. The van der Waals surface area contributed by atoms with Crippen molar-refractivity contribution in [2.75, 3.05) is 13.1 Å². The zero-order valence-electron chi connectivity index (χ0n) is 11.5. The highest BCUT2D eigenvalue weighted by Gasteiger charge is 2.38. The molecule has 0 aromatic rings. The summed E-state index contributed by atoms with van der Waals surface area (Å²) in [6, 6.07) is 0.638. The molecule has 0 aromatic heterocycles. The van der Waals surface area contributed by atoms with Crippen LogP contribution in [0.4, 0.5) is 0 Å². The number of hydrogen-bond acceptors (Lipinski definition) is 2. The van der Waals surface area contributed by atoms with Crippen LogP contribution in [0.5, 0.6) is 0 Å². The van der Waals surface area contributed by atoms with Gasteiger partial charge in [0, 0.05) is 18.1 Å². The van der Waals surface area contributed by atoms with Crippen LogP contribution in [-0.2, 0) is 0 Å². The molecule has 0 heterocycles. The van der Waals surface area contributed by atoms with Gasteiger partial charge in [0.25, 0.3) is 0 Å². The lowest BCUT2D eigenvalue weighted by Crippen LogP contribution is -2.55. The summed E-state index contributed by atoms with van der Waals surface area (Å²) in [6.45, 7) is 9.00. The molecule has 0 spiro atoms. The van der Waals surface area contributed by atoms with Gasteiger partial charge >= 0.3 is 0 Å². The molecular weight excluding hydrogens is 196 g/mol. The zero-order valence-corrected chi connectivity index (χ0v) is 11.5. The van der Waals surface area contributed by atoms with E-state index in [-0.39, 0.29) is 0 Å². The van der Waals surface area contributed by atoms with E-state index in [0.29, 0.717) is 11.6 Å². The van der Waals surface area contributed by atoms with Crippen LogP contribution in [0.25, 0.3) is 0 Å². The van der Waals surface area contributed by atoms with Gasteiger partial charge in [-0.1, -0.05) is 32.6 Å². The van der Waals surface area contributed by atoms with E-state index in [9.17, 15) is 0 Å². The van der Waals surface area contributed by atoms with Gasteiger partial charge in [-0.2, -0.15) is 0 Å². The van der Waals surface area contributed by atoms with Crippen LogP contribution in [-0.4, -0.2) is 29.6 Å².